The number of rotatable bonds is 5. The summed E-state index contributed by atoms with van der Waals surface area (Å²) in [5, 5.41) is 12.6. The van der Waals surface area contributed by atoms with Crippen LogP contribution in [0, 0.1) is 5.92 Å². The first-order chi connectivity index (χ1) is 9.15. The molecule has 2 aliphatic rings. The molecule has 0 bridgehead atoms. The van der Waals surface area contributed by atoms with Crippen molar-refractivity contribution in [1.82, 2.24) is 15.1 Å². The van der Waals surface area contributed by atoms with Gasteiger partial charge in [0, 0.05) is 45.3 Å². The smallest absolute Gasteiger partial charge is 0.306 e. The van der Waals surface area contributed by atoms with Crippen molar-refractivity contribution >= 4 is 5.97 Å². The summed E-state index contributed by atoms with van der Waals surface area (Å²) in [5.41, 5.74) is 0. The first-order valence-electron chi connectivity index (χ1n) is 7.52. The highest BCUT2D eigenvalue weighted by Crippen LogP contribution is 2.24. The average molecular weight is 269 g/mol. The fraction of sp³-hybridized carbons (Fsp3) is 0.929. The van der Waals surface area contributed by atoms with Crippen LogP contribution in [-0.2, 0) is 4.79 Å². The Hall–Kier alpha value is -0.650. The second-order valence-corrected chi connectivity index (χ2v) is 6.00. The van der Waals surface area contributed by atoms with Crippen LogP contribution in [0.1, 0.15) is 25.7 Å². The topological polar surface area (TPSA) is 55.8 Å². The Balaban J connectivity index is 1.61. The van der Waals surface area contributed by atoms with Gasteiger partial charge >= 0.3 is 5.97 Å². The summed E-state index contributed by atoms with van der Waals surface area (Å²) in [6, 6.07) is 0.405. The lowest BCUT2D eigenvalue weighted by atomic mass is 9.86. The van der Waals surface area contributed by atoms with Crippen LogP contribution >= 0.6 is 0 Å². The van der Waals surface area contributed by atoms with Gasteiger partial charge in [-0.25, -0.2) is 0 Å². The van der Waals surface area contributed by atoms with Gasteiger partial charge in [-0.15, -0.1) is 0 Å². The summed E-state index contributed by atoms with van der Waals surface area (Å²) in [7, 11) is 2.17. The zero-order chi connectivity index (χ0) is 13.7. The molecule has 0 aromatic rings. The van der Waals surface area contributed by atoms with Crippen LogP contribution in [0.5, 0.6) is 0 Å². The molecular weight excluding hydrogens is 242 g/mol. The van der Waals surface area contributed by atoms with Gasteiger partial charge in [-0.1, -0.05) is 6.42 Å². The van der Waals surface area contributed by atoms with Crippen molar-refractivity contribution < 1.29 is 9.90 Å². The molecule has 0 radical (unpaired) electrons. The fourth-order valence-corrected chi connectivity index (χ4v) is 3.10. The van der Waals surface area contributed by atoms with E-state index in [9.17, 15) is 4.79 Å². The number of carboxylic acid groups (broad SMARTS) is 1. The third kappa shape index (κ3) is 4.75. The van der Waals surface area contributed by atoms with Gasteiger partial charge in [-0.2, -0.15) is 0 Å². The first-order valence-corrected chi connectivity index (χ1v) is 7.52. The number of piperazine rings is 1. The molecule has 19 heavy (non-hydrogen) atoms. The van der Waals surface area contributed by atoms with E-state index in [4.69, 9.17) is 5.11 Å². The maximum Gasteiger partial charge on any atom is 0.306 e. The maximum atomic E-state index is 11.0. The lowest BCUT2D eigenvalue weighted by molar-refractivity contribution is -0.143. The zero-order valence-electron chi connectivity index (χ0n) is 12.0. The van der Waals surface area contributed by atoms with Crippen LogP contribution in [0.25, 0.3) is 0 Å². The molecule has 1 aliphatic heterocycles. The number of nitrogens with zero attached hydrogens (tertiary/aromatic N) is 2. The molecule has 1 heterocycles. The largest absolute Gasteiger partial charge is 0.481 e. The molecule has 0 aromatic carbocycles. The Labute approximate surface area is 115 Å². The summed E-state index contributed by atoms with van der Waals surface area (Å²) in [6.45, 7) is 6.69. The second kappa shape index (κ2) is 7.22. The lowest BCUT2D eigenvalue weighted by Gasteiger charge is -2.33. The highest BCUT2D eigenvalue weighted by Gasteiger charge is 2.26. The van der Waals surface area contributed by atoms with Gasteiger partial charge in [-0.3, -0.25) is 9.69 Å². The minimum atomic E-state index is -0.620. The number of hydrogen-bond donors (Lipinski definition) is 2. The minimum absolute atomic E-state index is 0.130. The van der Waals surface area contributed by atoms with E-state index in [1.165, 1.54) is 0 Å². The number of aliphatic carboxylic acids is 1. The second-order valence-electron chi connectivity index (χ2n) is 6.00. The predicted molar refractivity (Wildman–Crippen MR) is 75.3 cm³/mol. The highest BCUT2D eigenvalue weighted by atomic mass is 16.4. The van der Waals surface area contributed by atoms with Crippen LogP contribution in [-0.4, -0.2) is 73.2 Å². The number of nitrogens with one attached hydrogen (secondary N) is 1. The standard InChI is InChI=1S/C14H27N3O2/c1-16-7-9-17(10-8-16)6-5-15-13-4-2-3-12(11-13)14(18)19/h12-13,15H,2-11H2,1H3,(H,18,19). The normalized spacial score (nSPS) is 30.4. The fourth-order valence-electron chi connectivity index (χ4n) is 3.10. The summed E-state index contributed by atoms with van der Waals surface area (Å²) in [4.78, 5) is 15.9. The van der Waals surface area contributed by atoms with Gasteiger partial charge in [0.15, 0.2) is 0 Å². The summed E-state index contributed by atoms with van der Waals surface area (Å²) in [5.74, 6) is -0.750. The van der Waals surface area contributed by atoms with Gasteiger partial charge in [0.05, 0.1) is 5.92 Å². The van der Waals surface area contributed by atoms with E-state index < -0.39 is 5.97 Å². The number of carbonyl (C=O) groups is 1. The Kier molecular flexibility index (Phi) is 5.60. The third-order valence-corrected chi connectivity index (χ3v) is 4.48. The monoisotopic (exact) mass is 269 g/mol. The van der Waals surface area contributed by atoms with Gasteiger partial charge < -0.3 is 15.3 Å². The number of likely N-dealkylation sites (N-methyl/N-ethyl adjacent to an activating group) is 1. The van der Waals surface area contributed by atoms with Gasteiger partial charge in [-0.05, 0) is 26.3 Å². The third-order valence-electron chi connectivity index (χ3n) is 4.48. The minimum Gasteiger partial charge on any atom is -0.481 e. The summed E-state index contributed by atoms with van der Waals surface area (Å²) in [6.07, 6.45) is 3.83. The van der Waals surface area contributed by atoms with Crippen molar-refractivity contribution in [2.45, 2.75) is 31.7 Å². The average Bonchev–Trinajstić information content (AvgIpc) is 2.41. The molecule has 5 nitrogen and oxygen atoms in total. The molecule has 5 heteroatoms. The van der Waals surface area contributed by atoms with E-state index in [0.717, 1.165) is 65.0 Å². The van der Waals surface area contributed by atoms with Gasteiger partial charge in [0.2, 0.25) is 0 Å². The van der Waals surface area contributed by atoms with Gasteiger partial charge in [0.25, 0.3) is 0 Å². The molecule has 2 rings (SSSR count). The van der Waals surface area contributed by atoms with E-state index in [-0.39, 0.29) is 5.92 Å². The van der Waals surface area contributed by atoms with Crippen molar-refractivity contribution in [3.63, 3.8) is 0 Å². The van der Waals surface area contributed by atoms with Crippen molar-refractivity contribution in [1.29, 1.82) is 0 Å². The first kappa shape index (κ1) is 14.8. The van der Waals surface area contributed by atoms with E-state index in [2.05, 4.69) is 22.2 Å². The molecule has 0 aromatic heterocycles. The molecule has 0 amide bonds. The Morgan fingerprint density at radius 2 is 2.00 bits per heavy atom. The lowest BCUT2D eigenvalue weighted by Crippen LogP contribution is -2.47. The van der Waals surface area contributed by atoms with Crippen LogP contribution < -0.4 is 5.32 Å². The van der Waals surface area contributed by atoms with Crippen molar-refractivity contribution in [3.05, 3.63) is 0 Å². The van der Waals surface area contributed by atoms with Crippen LogP contribution in [0.4, 0.5) is 0 Å². The molecule has 0 spiro atoms. The van der Waals surface area contributed by atoms with E-state index in [1.807, 2.05) is 0 Å². The van der Waals surface area contributed by atoms with Crippen LogP contribution in [0.15, 0.2) is 0 Å². The quantitative estimate of drug-likeness (QED) is 0.760. The van der Waals surface area contributed by atoms with E-state index in [0.29, 0.717) is 6.04 Å². The van der Waals surface area contributed by atoms with Crippen LogP contribution in [0.3, 0.4) is 0 Å². The molecule has 2 fully saturated rings. The molecular formula is C14H27N3O2. The summed E-state index contributed by atoms with van der Waals surface area (Å²) < 4.78 is 0. The highest BCUT2D eigenvalue weighted by molar-refractivity contribution is 5.70. The Morgan fingerprint density at radius 3 is 2.68 bits per heavy atom. The number of carboxylic acids is 1. The van der Waals surface area contributed by atoms with Crippen molar-refractivity contribution in [3.8, 4) is 0 Å². The predicted octanol–water partition coefficient (Wildman–Crippen LogP) is 0.467. The maximum absolute atomic E-state index is 11.0. The molecule has 2 N–H and O–H groups in total. The van der Waals surface area contributed by atoms with Crippen molar-refractivity contribution in [2.24, 2.45) is 5.92 Å². The Bertz CT molecular complexity index is 290. The number of hydrogen-bond acceptors (Lipinski definition) is 4. The molecule has 2 atom stereocenters. The molecule has 1 saturated heterocycles. The van der Waals surface area contributed by atoms with Crippen molar-refractivity contribution in [2.75, 3.05) is 46.3 Å². The van der Waals surface area contributed by atoms with E-state index in [1.54, 1.807) is 0 Å². The van der Waals surface area contributed by atoms with Crippen LogP contribution in [0.2, 0.25) is 0 Å². The Morgan fingerprint density at radius 1 is 1.26 bits per heavy atom. The molecule has 1 aliphatic carbocycles. The molecule has 2 unspecified atom stereocenters. The zero-order valence-corrected chi connectivity index (χ0v) is 12.0. The molecule has 110 valence electrons. The van der Waals surface area contributed by atoms with E-state index >= 15 is 0 Å². The summed E-state index contributed by atoms with van der Waals surface area (Å²) >= 11 is 0. The molecule has 1 saturated carbocycles. The van der Waals surface area contributed by atoms with Gasteiger partial charge in [0.1, 0.15) is 0 Å². The SMILES string of the molecule is CN1CCN(CCNC2CCCC(C(=O)O)C2)CC1.